The third kappa shape index (κ3) is 3.00. The molecule has 1 aromatic rings. The number of ether oxygens (including phenoxy) is 1. The van der Waals surface area contributed by atoms with Crippen LogP contribution in [0.5, 0.6) is 0 Å². The number of rotatable bonds is 3. The second-order valence-corrected chi connectivity index (χ2v) is 3.74. The van der Waals surface area contributed by atoms with Gasteiger partial charge in [-0.3, -0.25) is 0 Å². The molecule has 0 aromatic heterocycles. The molecule has 1 aromatic carbocycles. The van der Waals surface area contributed by atoms with E-state index in [-0.39, 0.29) is 12.2 Å². The van der Waals surface area contributed by atoms with Gasteiger partial charge in [0.2, 0.25) is 0 Å². The summed E-state index contributed by atoms with van der Waals surface area (Å²) < 4.78 is 18.4. The van der Waals surface area contributed by atoms with Gasteiger partial charge in [-0.2, -0.15) is 0 Å². The van der Waals surface area contributed by atoms with Crippen LogP contribution in [0.15, 0.2) is 22.7 Å². The van der Waals surface area contributed by atoms with Crippen molar-refractivity contribution in [3.63, 3.8) is 0 Å². The van der Waals surface area contributed by atoms with E-state index in [0.29, 0.717) is 4.47 Å². The van der Waals surface area contributed by atoms with Gasteiger partial charge in [0.25, 0.3) is 0 Å². The summed E-state index contributed by atoms with van der Waals surface area (Å²) in [4.78, 5) is 11.1. The molecule has 0 aliphatic heterocycles. The average molecular weight is 277 g/mol. The van der Waals surface area contributed by atoms with Crippen molar-refractivity contribution in [2.75, 3.05) is 6.61 Å². The predicted octanol–water partition coefficient (Wildman–Crippen LogP) is 2.18. The molecule has 1 atom stereocenters. The Kier molecular flexibility index (Phi) is 4.23. The average Bonchev–Trinajstić information content (AvgIpc) is 2.17. The molecule has 82 valence electrons. The van der Waals surface area contributed by atoms with Crippen LogP contribution in [0.1, 0.15) is 18.6 Å². The zero-order chi connectivity index (χ0) is 11.4. The van der Waals surface area contributed by atoms with Crippen LogP contribution < -0.4 is 0 Å². The van der Waals surface area contributed by atoms with E-state index < -0.39 is 17.9 Å². The fourth-order valence-corrected chi connectivity index (χ4v) is 1.40. The van der Waals surface area contributed by atoms with E-state index in [2.05, 4.69) is 20.7 Å². The van der Waals surface area contributed by atoms with E-state index in [1.807, 2.05) is 0 Å². The number of carbonyl (C=O) groups is 1. The van der Waals surface area contributed by atoms with Crippen molar-refractivity contribution >= 4 is 21.9 Å². The molecule has 0 bridgehead atoms. The first-order valence-electron chi connectivity index (χ1n) is 4.36. The van der Waals surface area contributed by atoms with E-state index in [0.717, 1.165) is 0 Å². The van der Waals surface area contributed by atoms with Gasteiger partial charge in [-0.1, -0.05) is 22.0 Å². The Morgan fingerprint density at radius 2 is 2.33 bits per heavy atom. The topological polar surface area (TPSA) is 46.5 Å². The van der Waals surface area contributed by atoms with Gasteiger partial charge in [-0.15, -0.1) is 0 Å². The van der Waals surface area contributed by atoms with E-state index in [4.69, 9.17) is 0 Å². The summed E-state index contributed by atoms with van der Waals surface area (Å²) in [7, 11) is 0. The van der Waals surface area contributed by atoms with E-state index in [1.54, 1.807) is 13.0 Å². The molecule has 0 amide bonds. The third-order valence-electron chi connectivity index (χ3n) is 1.77. The highest BCUT2D eigenvalue weighted by molar-refractivity contribution is 9.10. The zero-order valence-corrected chi connectivity index (χ0v) is 9.62. The summed E-state index contributed by atoms with van der Waals surface area (Å²) in [6.45, 7) is 1.76. The number of halogens is 2. The summed E-state index contributed by atoms with van der Waals surface area (Å²) in [6.07, 6.45) is -1.57. The molecule has 1 rings (SSSR count). The molecule has 0 aliphatic carbocycles. The fraction of sp³-hybridized carbons (Fsp3) is 0.300. The standard InChI is InChI=1S/C10H10BrFO3/c1-2-15-10(14)9(13)7-4-3-6(11)5-8(7)12/h3-5,9,13H,2H2,1H3. The van der Waals surface area contributed by atoms with Crippen LogP contribution in [0.25, 0.3) is 0 Å². The van der Waals surface area contributed by atoms with Gasteiger partial charge < -0.3 is 9.84 Å². The predicted molar refractivity (Wildman–Crippen MR) is 55.7 cm³/mol. The Labute approximate surface area is 95.0 Å². The number of carbonyl (C=O) groups excluding carboxylic acids is 1. The minimum absolute atomic E-state index is 0.0864. The van der Waals surface area contributed by atoms with Gasteiger partial charge in [-0.25, -0.2) is 9.18 Å². The van der Waals surface area contributed by atoms with Crippen LogP contribution >= 0.6 is 15.9 Å². The second kappa shape index (κ2) is 5.23. The lowest BCUT2D eigenvalue weighted by Crippen LogP contribution is -2.16. The molecular formula is C10H10BrFO3. The molecule has 0 heterocycles. The van der Waals surface area contributed by atoms with E-state index in [1.165, 1.54) is 12.1 Å². The number of benzene rings is 1. The first-order chi connectivity index (χ1) is 7.06. The van der Waals surface area contributed by atoms with Crippen LogP contribution in [0, 0.1) is 5.82 Å². The molecule has 0 aliphatic rings. The van der Waals surface area contributed by atoms with Crippen molar-refractivity contribution in [2.24, 2.45) is 0 Å². The number of hydrogen-bond acceptors (Lipinski definition) is 3. The minimum Gasteiger partial charge on any atom is -0.464 e. The van der Waals surface area contributed by atoms with Crippen LogP contribution in [0.4, 0.5) is 4.39 Å². The monoisotopic (exact) mass is 276 g/mol. The first kappa shape index (κ1) is 12.1. The largest absolute Gasteiger partial charge is 0.464 e. The Bertz CT molecular complexity index is 368. The van der Waals surface area contributed by atoms with Crippen LogP contribution in [0.3, 0.4) is 0 Å². The van der Waals surface area contributed by atoms with Crippen LogP contribution in [-0.4, -0.2) is 17.7 Å². The number of aliphatic hydroxyl groups is 1. The molecule has 1 unspecified atom stereocenters. The van der Waals surface area contributed by atoms with Crippen molar-refractivity contribution in [1.82, 2.24) is 0 Å². The van der Waals surface area contributed by atoms with Crippen molar-refractivity contribution < 1.29 is 19.0 Å². The van der Waals surface area contributed by atoms with Gasteiger partial charge in [0, 0.05) is 10.0 Å². The Hall–Kier alpha value is -0.940. The zero-order valence-electron chi connectivity index (χ0n) is 8.04. The van der Waals surface area contributed by atoms with Crippen LogP contribution in [-0.2, 0) is 9.53 Å². The Morgan fingerprint density at radius 1 is 1.67 bits per heavy atom. The molecule has 15 heavy (non-hydrogen) atoms. The van der Waals surface area contributed by atoms with Gasteiger partial charge in [0.15, 0.2) is 6.10 Å². The first-order valence-corrected chi connectivity index (χ1v) is 5.15. The van der Waals surface area contributed by atoms with Crippen LogP contribution in [0.2, 0.25) is 0 Å². The van der Waals surface area contributed by atoms with Gasteiger partial charge in [0.1, 0.15) is 5.82 Å². The quantitative estimate of drug-likeness (QED) is 0.861. The lowest BCUT2D eigenvalue weighted by Gasteiger charge is -2.10. The van der Waals surface area contributed by atoms with Crippen molar-refractivity contribution in [1.29, 1.82) is 0 Å². The van der Waals surface area contributed by atoms with Crippen molar-refractivity contribution in [3.8, 4) is 0 Å². The lowest BCUT2D eigenvalue weighted by atomic mass is 10.1. The number of esters is 1. The smallest absolute Gasteiger partial charge is 0.339 e. The summed E-state index contributed by atoms with van der Waals surface area (Å²) in [6, 6.07) is 4.06. The number of hydrogen-bond donors (Lipinski definition) is 1. The lowest BCUT2D eigenvalue weighted by molar-refractivity contribution is -0.153. The van der Waals surface area contributed by atoms with E-state index in [9.17, 15) is 14.3 Å². The summed E-state index contributed by atoms with van der Waals surface area (Å²) in [5, 5.41) is 9.46. The Balaban J connectivity index is 2.91. The molecule has 0 spiro atoms. The molecule has 0 radical (unpaired) electrons. The molecule has 5 heteroatoms. The highest BCUT2D eigenvalue weighted by Crippen LogP contribution is 2.21. The second-order valence-electron chi connectivity index (χ2n) is 2.82. The maximum Gasteiger partial charge on any atom is 0.339 e. The fourth-order valence-electron chi connectivity index (χ4n) is 1.07. The van der Waals surface area contributed by atoms with Crippen molar-refractivity contribution in [3.05, 3.63) is 34.1 Å². The molecule has 3 nitrogen and oxygen atoms in total. The molecular weight excluding hydrogens is 267 g/mol. The molecule has 0 fully saturated rings. The highest BCUT2D eigenvalue weighted by Gasteiger charge is 2.21. The van der Waals surface area contributed by atoms with Gasteiger partial charge in [-0.05, 0) is 19.1 Å². The molecule has 0 saturated heterocycles. The summed E-state index contributed by atoms with van der Waals surface area (Å²) in [5.74, 6) is -1.50. The molecule has 1 N–H and O–H groups in total. The maximum absolute atomic E-state index is 13.3. The number of aliphatic hydroxyl groups excluding tert-OH is 1. The van der Waals surface area contributed by atoms with Gasteiger partial charge in [0.05, 0.1) is 6.61 Å². The van der Waals surface area contributed by atoms with Gasteiger partial charge >= 0.3 is 5.97 Å². The summed E-state index contributed by atoms with van der Waals surface area (Å²) in [5.41, 5.74) is -0.0864. The highest BCUT2D eigenvalue weighted by atomic mass is 79.9. The SMILES string of the molecule is CCOC(=O)C(O)c1ccc(Br)cc1F. The molecule has 0 saturated carbocycles. The summed E-state index contributed by atoms with van der Waals surface area (Å²) >= 11 is 3.08. The van der Waals surface area contributed by atoms with E-state index >= 15 is 0 Å². The third-order valence-corrected chi connectivity index (χ3v) is 2.26. The minimum atomic E-state index is -1.57. The Morgan fingerprint density at radius 3 is 2.87 bits per heavy atom. The normalized spacial score (nSPS) is 12.3. The van der Waals surface area contributed by atoms with Crippen molar-refractivity contribution in [2.45, 2.75) is 13.0 Å². The maximum atomic E-state index is 13.3.